The molecule has 33 heavy (non-hydrogen) atoms. The fourth-order valence-electron chi connectivity index (χ4n) is 2.62. The van der Waals surface area contributed by atoms with E-state index in [4.69, 9.17) is 14.2 Å². The van der Waals surface area contributed by atoms with E-state index < -0.39 is 48.2 Å². The number of rotatable bonds is 18. The molecule has 0 aromatic carbocycles. The first-order valence-corrected chi connectivity index (χ1v) is 11.8. The van der Waals surface area contributed by atoms with Crippen LogP contribution in [0, 0.1) is 0 Å². The van der Waals surface area contributed by atoms with E-state index in [0.29, 0.717) is 12.8 Å². The van der Waals surface area contributed by atoms with Crippen molar-refractivity contribution in [1.82, 2.24) is 10.6 Å². The zero-order valence-electron chi connectivity index (χ0n) is 20.4. The zero-order chi connectivity index (χ0) is 25.1. The average molecular weight is 473 g/mol. The minimum absolute atomic E-state index is 0.0189. The van der Waals surface area contributed by atoms with Crippen molar-refractivity contribution in [1.29, 1.82) is 0 Å². The molecule has 0 aromatic heterocycles. The lowest BCUT2D eigenvalue weighted by Gasteiger charge is -2.22. The quantitative estimate of drug-likeness (QED) is 0.176. The predicted molar refractivity (Wildman–Crippen MR) is 121 cm³/mol. The zero-order valence-corrected chi connectivity index (χ0v) is 20.4. The number of amides is 2. The summed E-state index contributed by atoms with van der Waals surface area (Å²) in [5, 5.41) is 4.93. The Balaban J connectivity index is 5.13. The van der Waals surface area contributed by atoms with Gasteiger partial charge in [0.05, 0.1) is 26.2 Å². The van der Waals surface area contributed by atoms with Crippen molar-refractivity contribution in [2.75, 3.05) is 19.8 Å². The second kappa shape index (κ2) is 18.9. The smallest absolute Gasteiger partial charge is 0.329 e. The number of esters is 3. The molecule has 0 heterocycles. The Morgan fingerprint density at radius 1 is 0.697 bits per heavy atom. The Kier molecular flexibility index (Phi) is 17.4. The van der Waals surface area contributed by atoms with Crippen LogP contribution in [0.15, 0.2) is 0 Å². The number of hydrogen-bond acceptors (Lipinski definition) is 8. The summed E-state index contributed by atoms with van der Waals surface area (Å²) in [4.78, 5) is 60.8. The number of carbonyl (C=O) groups excluding carboxylic acids is 5. The van der Waals surface area contributed by atoms with Gasteiger partial charge in [-0.25, -0.2) is 4.79 Å². The first kappa shape index (κ1) is 30.4. The maximum Gasteiger partial charge on any atom is 0.329 e. The number of unbranched alkanes of at least 4 members (excludes halogenated alkanes) is 3. The fourth-order valence-corrected chi connectivity index (χ4v) is 2.62. The van der Waals surface area contributed by atoms with E-state index in [9.17, 15) is 24.0 Å². The molecule has 0 bridgehead atoms. The third-order valence-corrected chi connectivity index (χ3v) is 4.57. The number of nitrogens with one attached hydrogen (secondary N) is 2. The highest BCUT2D eigenvalue weighted by molar-refractivity contribution is 5.92. The molecule has 2 unspecified atom stereocenters. The van der Waals surface area contributed by atoms with E-state index >= 15 is 0 Å². The summed E-state index contributed by atoms with van der Waals surface area (Å²) in [6.45, 7) is 7.75. The van der Waals surface area contributed by atoms with Gasteiger partial charge in [0, 0.05) is 13.3 Å². The van der Waals surface area contributed by atoms with Crippen molar-refractivity contribution in [3.05, 3.63) is 0 Å². The Bertz CT molecular complexity index is 624. The lowest BCUT2D eigenvalue weighted by Crippen LogP contribution is -2.52. The van der Waals surface area contributed by atoms with Gasteiger partial charge in [-0.15, -0.1) is 0 Å². The summed E-state index contributed by atoms with van der Waals surface area (Å²) in [6.07, 6.45) is 4.07. The molecule has 0 aliphatic heterocycles. The van der Waals surface area contributed by atoms with Crippen molar-refractivity contribution in [3.8, 4) is 0 Å². The van der Waals surface area contributed by atoms with Gasteiger partial charge in [-0.1, -0.05) is 40.0 Å². The van der Waals surface area contributed by atoms with Crippen molar-refractivity contribution >= 4 is 29.7 Å². The van der Waals surface area contributed by atoms with Crippen LogP contribution in [0.4, 0.5) is 0 Å². The molecular weight excluding hydrogens is 432 g/mol. The van der Waals surface area contributed by atoms with Crippen molar-refractivity contribution in [2.45, 2.75) is 97.6 Å². The summed E-state index contributed by atoms with van der Waals surface area (Å²) in [5.74, 6) is -3.07. The molecule has 2 N–H and O–H groups in total. The maximum absolute atomic E-state index is 12.8. The molecule has 190 valence electrons. The van der Waals surface area contributed by atoms with Gasteiger partial charge in [-0.05, 0) is 25.7 Å². The van der Waals surface area contributed by atoms with E-state index in [2.05, 4.69) is 10.6 Å². The van der Waals surface area contributed by atoms with Gasteiger partial charge in [-0.2, -0.15) is 0 Å². The van der Waals surface area contributed by atoms with Crippen LogP contribution < -0.4 is 10.6 Å². The molecule has 0 saturated carbocycles. The molecule has 0 rings (SSSR count). The summed E-state index contributed by atoms with van der Waals surface area (Å²) in [7, 11) is 0. The molecule has 0 fully saturated rings. The maximum atomic E-state index is 12.8. The van der Waals surface area contributed by atoms with Crippen molar-refractivity contribution in [3.63, 3.8) is 0 Å². The van der Waals surface area contributed by atoms with Crippen molar-refractivity contribution in [2.24, 2.45) is 0 Å². The molecule has 2 atom stereocenters. The summed E-state index contributed by atoms with van der Waals surface area (Å²) in [5.41, 5.74) is 0. The van der Waals surface area contributed by atoms with Crippen molar-refractivity contribution < 1.29 is 38.2 Å². The van der Waals surface area contributed by atoms with Crippen LogP contribution in [-0.4, -0.2) is 61.6 Å². The number of hydrogen-bond donors (Lipinski definition) is 2. The Morgan fingerprint density at radius 2 is 1.21 bits per heavy atom. The molecule has 0 aromatic rings. The summed E-state index contributed by atoms with van der Waals surface area (Å²) < 4.78 is 15.3. The SMILES string of the molecule is CCCCOC(=O)CCC(NC(C)=O)C(=O)NC(CC(=O)OCCCC)C(=O)OCCCC. The first-order chi connectivity index (χ1) is 15.7. The third kappa shape index (κ3) is 15.7. The van der Waals surface area contributed by atoms with E-state index in [1.807, 2.05) is 20.8 Å². The summed E-state index contributed by atoms with van der Waals surface area (Å²) in [6, 6.07) is -2.35. The minimum Gasteiger partial charge on any atom is -0.466 e. The molecule has 10 nitrogen and oxygen atoms in total. The summed E-state index contributed by atoms with van der Waals surface area (Å²) >= 11 is 0. The topological polar surface area (TPSA) is 137 Å². The van der Waals surface area contributed by atoms with Crippen LogP contribution in [0.1, 0.15) is 85.5 Å². The van der Waals surface area contributed by atoms with Gasteiger partial charge >= 0.3 is 17.9 Å². The highest BCUT2D eigenvalue weighted by Crippen LogP contribution is 2.06. The Hall–Kier alpha value is -2.65. The van der Waals surface area contributed by atoms with Gasteiger partial charge in [0.1, 0.15) is 12.1 Å². The van der Waals surface area contributed by atoms with Crippen LogP contribution in [-0.2, 0) is 38.2 Å². The first-order valence-electron chi connectivity index (χ1n) is 11.8. The van der Waals surface area contributed by atoms with Crippen LogP contribution >= 0.6 is 0 Å². The van der Waals surface area contributed by atoms with Crippen LogP contribution in [0.3, 0.4) is 0 Å². The van der Waals surface area contributed by atoms with E-state index in [1.54, 1.807) is 0 Å². The average Bonchev–Trinajstić information content (AvgIpc) is 2.76. The second-order valence-corrected chi connectivity index (χ2v) is 7.73. The van der Waals surface area contributed by atoms with E-state index in [-0.39, 0.29) is 32.7 Å². The van der Waals surface area contributed by atoms with Gasteiger partial charge in [0.2, 0.25) is 11.8 Å². The van der Waals surface area contributed by atoms with Crippen LogP contribution in [0.5, 0.6) is 0 Å². The highest BCUT2D eigenvalue weighted by Gasteiger charge is 2.30. The normalized spacial score (nSPS) is 12.2. The monoisotopic (exact) mass is 472 g/mol. The second-order valence-electron chi connectivity index (χ2n) is 7.73. The standard InChI is InChI=1S/C23H40N2O8/c1-5-8-13-31-20(27)12-11-18(24-17(4)26)22(29)25-19(23(30)33-15-10-7-3)16-21(28)32-14-9-6-2/h18-19H,5-16H2,1-4H3,(H,24,26)(H,25,29). The lowest BCUT2D eigenvalue weighted by atomic mass is 10.1. The third-order valence-electron chi connectivity index (χ3n) is 4.57. The van der Waals surface area contributed by atoms with Gasteiger partial charge in [0.25, 0.3) is 0 Å². The Morgan fingerprint density at radius 3 is 1.73 bits per heavy atom. The molecule has 10 heteroatoms. The molecule has 0 radical (unpaired) electrons. The number of carbonyl (C=O) groups is 5. The molecule has 0 saturated heterocycles. The van der Waals surface area contributed by atoms with Gasteiger partial charge in [0.15, 0.2) is 0 Å². The van der Waals surface area contributed by atoms with Crippen LogP contribution in [0.2, 0.25) is 0 Å². The fraction of sp³-hybridized carbons (Fsp3) is 0.783. The molecule has 0 aliphatic carbocycles. The van der Waals surface area contributed by atoms with Gasteiger partial charge < -0.3 is 24.8 Å². The predicted octanol–water partition coefficient (Wildman–Crippen LogP) is 2.18. The highest BCUT2D eigenvalue weighted by atomic mass is 16.5. The van der Waals surface area contributed by atoms with Gasteiger partial charge in [-0.3, -0.25) is 19.2 Å². The van der Waals surface area contributed by atoms with Crippen LogP contribution in [0.25, 0.3) is 0 Å². The molecule has 0 aliphatic rings. The number of ether oxygens (including phenoxy) is 3. The lowest BCUT2D eigenvalue weighted by molar-refractivity contribution is -0.154. The van der Waals surface area contributed by atoms with E-state index in [0.717, 1.165) is 25.7 Å². The molecular formula is C23H40N2O8. The Labute approximate surface area is 196 Å². The largest absolute Gasteiger partial charge is 0.466 e. The van der Waals surface area contributed by atoms with E-state index in [1.165, 1.54) is 6.92 Å². The molecule has 2 amide bonds. The molecule has 0 spiro atoms. The minimum atomic E-state index is -1.27.